The average Bonchev–Trinajstić information content (AvgIpc) is 4.04. The lowest BCUT2D eigenvalue weighted by molar-refractivity contribution is -0.369. The molecular weight excluding hydrogens is 738 g/mol. The van der Waals surface area contributed by atoms with Crippen molar-refractivity contribution < 1.29 is 49.3 Å². The molecule has 1 aromatic heterocycles. The number of ether oxygens (including phenoxy) is 1. The second kappa shape index (κ2) is 14.6. The Hall–Kier alpha value is -4.68. The molecular formula is C41H47N5O11. The van der Waals surface area contributed by atoms with E-state index in [4.69, 9.17) is 18.9 Å². The quantitative estimate of drug-likeness (QED) is 0.131. The van der Waals surface area contributed by atoms with Gasteiger partial charge in [-0.3, -0.25) is 19.6 Å². The van der Waals surface area contributed by atoms with Gasteiger partial charge in [0.1, 0.15) is 53.7 Å². The van der Waals surface area contributed by atoms with Crippen molar-refractivity contribution in [2.45, 2.75) is 87.1 Å². The molecule has 1 aromatic carbocycles. The molecule has 0 radical (unpaired) electrons. The first-order chi connectivity index (χ1) is 27.5. The molecule has 1 saturated carbocycles. The first-order valence-electron chi connectivity index (χ1n) is 19.6. The molecule has 16 nitrogen and oxygen atoms in total. The highest BCUT2D eigenvalue weighted by Crippen LogP contribution is 2.52. The predicted octanol–water partition coefficient (Wildman–Crippen LogP) is 1.06. The number of amides is 1. The molecule has 57 heavy (non-hydrogen) atoms. The van der Waals surface area contributed by atoms with Gasteiger partial charge in [0.25, 0.3) is 0 Å². The normalized spacial score (nSPS) is 29.8. The van der Waals surface area contributed by atoms with Gasteiger partial charge in [0.15, 0.2) is 16.8 Å². The van der Waals surface area contributed by atoms with Crippen LogP contribution in [0.15, 0.2) is 79.9 Å². The maximum atomic E-state index is 13.5. The number of allylic oxidation sites excluding steroid dienone is 1. The second-order valence-electron chi connectivity index (χ2n) is 16.3. The van der Waals surface area contributed by atoms with E-state index in [-0.39, 0.29) is 42.2 Å². The number of anilines is 1. The Kier molecular flexibility index (Phi) is 9.71. The van der Waals surface area contributed by atoms with Crippen molar-refractivity contribution in [2.75, 3.05) is 37.7 Å². The fraction of sp³-hybridized carbons (Fsp3) is 0.512. The molecule has 1 aliphatic carbocycles. The Balaban J connectivity index is 1.04. The third-order valence-electron chi connectivity index (χ3n) is 12.7. The molecule has 2 aromatic rings. The highest BCUT2D eigenvalue weighted by Gasteiger charge is 2.53. The zero-order chi connectivity index (χ0) is 39.6. The molecule has 1 spiro atoms. The Morgan fingerprint density at radius 2 is 1.98 bits per heavy atom. The van der Waals surface area contributed by atoms with Crippen LogP contribution in [0.4, 0.5) is 5.69 Å². The SMILES string of the molecule is Cc1cc(=O)c2cc3c(c(N4C=C5C=CN=C5C4)c2o1)OC1(CCCC(C2CNC(=O)C2)C1)C(OOCC(O)C(O)(CN1C=CC2=NC=CC21)C(O)C(O)CO)C3. The molecule has 6 N–H and O–H groups in total. The number of hydrogen-bond donors (Lipinski definition) is 6. The second-order valence-corrected chi connectivity index (χ2v) is 16.3. The maximum absolute atomic E-state index is 13.5. The van der Waals surface area contributed by atoms with Gasteiger partial charge in [-0.15, -0.1) is 0 Å². The Labute approximate surface area is 327 Å². The molecule has 7 heterocycles. The minimum Gasteiger partial charge on any atom is -0.482 e. The minimum absolute atomic E-state index is 0.0151. The number of aliphatic hydroxyl groups is 5. The molecule has 16 heteroatoms. The van der Waals surface area contributed by atoms with Gasteiger partial charge in [0.05, 0.1) is 42.5 Å². The summed E-state index contributed by atoms with van der Waals surface area (Å²) in [5, 5.41) is 58.0. The molecule has 1 saturated heterocycles. The van der Waals surface area contributed by atoms with Crippen molar-refractivity contribution >= 4 is 34.0 Å². The number of benzene rings is 1. The number of β-amino-alcohol motifs (C(OH)–C–C–N with tert-alkyl or cyclic N) is 1. The zero-order valence-corrected chi connectivity index (χ0v) is 31.5. The fourth-order valence-electron chi connectivity index (χ4n) is 9.61. The van der Waals surface area contributed by atoms with Crippen molar-refractivity contribution in [3.05, 3.63) is 82.3 Å². The summed E-state index contributed by atoms with van der Waals surface area (Å²) in [4.78, 5) is 50.4. The molecule has 0 bridgehead atoms. The molecule has 2 fully saturated rings. The Morgan fingerprint density at radius 3 is 2.77 bits per heavy atom. The van der Waals surface area contributed by atoms with Crippen LogP contribution < -0.4 is 20.4 Å². The summed E-state index contributed by atoms with van der Waals surface area (Å²) in [6.07, 6.45) is 9.59. The largest absolute Gasteiger partial charge is 0.482 e. The van der Waals surface area contributed by atoms with E-state index in [0.29, 0.717) is 71.8 Å². The van der Waals surface area contributed by atoms with E-state index in [9.17, 15) is 35.1 Å². The number of nitrogens with one attached hydrogen (secondary N) is 1. The number of nitrogens with zero attached hydrogens (tertiary/aromatic N) is 4. The van der Waals surface area contributed by atoms with Crippen LogP contribution in [0, 0.1) is 18.8 Å². The molecule has 7 aliphatic rings. The number of hydrogen-bond acceptors (Lipinski definition) is 15. The monoisotopic (exact) mass is 785 g/mol. The van der Waals surface area contributed by atoms with Crippen LogP contribution in [0.3, 0.4) is 0 Å². The lowest BCUT2D eigenvalue weighted by Gasteiger charge is -2.49. The first kappa shape index (κ1) is 37.9. The third-order valence-corrected chi connectivity index (χ3v) is 12.7. The highest BCUT2D eigenvalue weighted by atomic mass is 17.2. The molecule has 9 rings (SSSR count). The number of aliphatic hydroxyl groups excluding tert-OH is 4. The molecule has 9 atom stereocenters. The van der Waals surface area contributed by atoms with Crippen molar-refractivity contribution in [1.29, 1.82) is 0 Å². The maximum Gasteiger partial charge on any atom is 0.220 e. The lowest BCUT2D eigenvalue weighted by atomic mass is 9.68. The smallest absolute Gasteiger partial charge is 0.220 e. The minimum atomic E-state index is -2.39. The summed E-state index contributed by atoms with van der Waals surface area (Å²) in [7, 11) is 0. The van der Waals surface area contributed by atoms with Gasteiger partial charge in [-0.05, 0) is 68.7 Å². The average molecular weight is 786 g/mol. The van der Waals surface area contributed by atoms with Crippen LogP contribution in [0.5, 0.6) is 5.75 Å². The molecule has 9 unspecified atom stereocenters. The molecule has 6 aliphatic heterocycles. The summed E-state index contributed by atoms with van der Waals surface area (Å²) in [5.41, 5.74) is 0.662. The van der Waals surface area contributed by atoms with E-state index in [1.54, 1.807) is 48.6 Å². The van der Waals surface area contributed by atoms with E-state index >= 15 is 0 Å². The predicted molar refractivity (Wildman–Crippen MR) is 206 cm³/mol. The number of aryl methyl sites for hydroxylation is 1. The third kappa shape index (κ3) is 6.62. The van der Waals surface area contributed by atoms with Gasteiger partial charge in [-0.1, -0.05) is 0 Å². The van der Waals surface area contributed by atoms with Crippen LogP contribution in [-0.4, -0.2) is 122 Å². The summed E-state index contributed by atoms with van der Waals surface area (Å²) in [6.45, 7) is 0.915. The fourth-order valence-corrected chi connectivity index (χ4v) is 9.61. The van der Waals surface area contributed by atoms with Crippen LogP contribution in [-0.2, 0) is 21.0 Å². The van der Waals surface area contributed by atoms with Crippen LogP contribution in [0.2, 0.25) is 0 Å². The van der Waals surface area contributed by atoms with Crippen molar-refractivity contribution in [3.63, 3.8) is 0 Å². The first-order valence-corrected chi connectivity index (χ1v) is 19.6. The number of rotatable bonds is 12. The summed E-state index contributed by atoms with van der Waals surface area (Å²) >= 11 is 0. The molecule has 302 valence electrons. The summed E-state index contributed by atoms with van der Waals surface area (Å²) < 4.78 is 13.5. The van der Waals surface area contributed by atoms with Gasteiger partial charge in [0, 0.05) is 61.4 Å². The van der Waals surface area contributed by atoms with Crippen molar-refractivity contribution in [2.24, 2.45) is 21.8 Å². The summed E-state index contributed by atoms with van der Waals surface area (Å²) in [6, 6.07) is 2.88. The van der Waals surface area contributed by atoms with E-state index in [2.05, 4.69) is 15.3 Å². The van der Waals surface area contributed by atoms with Gasteiger partial charge >= 0.3 is 0 Å². The lowest BCUT2D eigenvalue weighted by Crippen LogP contribution is -2.64. The molecule has 1 amide bonds. The topological polar surface area (TPSA) is 219 Å². The standard InChI is InChI=1S/C41H47N5O11/c1-22-11-31(48)27-12-25-13-34(57-54-20-33(50)41(53,39(52)32(49)19-47)21-45-10-6-28-30(45)5-9-42-28)40(7-2-3-23(15-40)26-14-35(51)44-16-26)56-37(25)36(38(27)55-22)46-17-24-4-8-43-29(24)18-46/h4-6,8-12,17,23,26,30,32-34,39,47,49-50,52-53H,2-3,7,13-16,18-21H2,1H3,(H,44,51). The van der Waals surface area contributed by atoms with Gasteiger partial charge < -0.3 is 49.8 Å². The van der Waals surface area contributed by atoms with Gasteiger partial charge in [0.2, 0.25) is 5.91 Å². The number of aliphatic imine (C=N–C) groups is 2. The number of fused-ring (bicyclic) bond motifs is 4. The van der Waals surface area contributed by atoms with E-state index in [1.807, 2.05) is 17.2 Å². The van der Waals surface area contributed by atoms with Crippen LogP contribution in [0.1, 0.15) is 43.4 Å². The number of carbonyl (C=O) groups excluding carboxylic acids is 1. The van der Waals surface area contributed by atoms with E-state index in [1.165, 1.54) is 6.07 Å². The summed E-state index contributed by atoms with van der Waals surface area (Å²) in [5.74, 6) is 1.23. The van der Waals surface area contributed by atoms with Gasteiger partial charge in [-0.2, -0.15) is 0 Å². The zero-order valence-electron chi connectivity index (χ0n) is 31.5. The van der Waals surface area contributed by atoms with Crippen molar-refractivity contribution in [3.8, 4) is 5.75 Å². The Bertz CT molecular complexity index is 2210. The van der Waals surface area contributed by atoms with Crippen LogP contribution in [0.25, 0.3) is 11.0 Å². The van der Waals surface area contributed by atoms with E-state index in [0.717, 1.165) is 24.1 Å². The van der Waals surface area contributed by atoms with E-state index < -0.39 is 48.8 Å². The van der Waals surface area contributed by atoms with Crippen LogP contribution >= 0.6 is 0 Å². The highest BCUT2D eigenvalue weighted by molar-refractivity contribution is 6.12. The van der Waals surface area contributed by atoms with Crippen molar-refractivity contribution in [1.82, 2.24) is 10.2 Å². The van der Waals surface area contributed by atoms with Gasteiger partial charge in [-0.25, -0.2) is 9.78 Å². The Morgan fingerprint density at radius 1 is 1.12 bits per heavy atom. The number of carbonyl (C=O) groups is 1.